The maximum absolute atomic E-state index is 9.12. The van der Waals surface area contributed by atoms with Crippen molar-refractivity contribution >= 4 is 16.7 Å². The van der Waals surface area contributed by atoms with Crippen LogP contribution >= 0.6 is 0 Å². The lowest BCUT2D eigenvalue weighted by Crippen LogP contribution is -2.17. The van der Waals surface area contributed by atoms with Crippen molar-refractivity contribution in [2.75, 3.05) is 18.5 Å². The number of nitrogens with zero attached hydrogens (tertiary/aromatic N) is 3. The summed E-state index contributed by atoms with van der Waals surface area (Å²) in [6.45, 7) is 2.93. The lowest BCUT2D eigenvalue weighted by Gasteiger charge is -2.16. The summed E-state index contributed by atoms with van der Waals surface area (Å²) < 4.78 is 0. The molecule has 0 saturated carbocycles. The molecule has 1 aromatic carbocycles. The number of hydrogen-bond acceptors (Lipinski definition) is 3. The first-order chi connectivity index (χ1) is 7.76. The first-order valence-electron chi connectivity index (χ1n) is 5.27. The number of anilines is 1. The van der Waals surface area contributed by atoms with Crippen LogP contribution in [-0.4, -0.2) is 18.6 Å². The van der Waals surface area contributed by atoms with Crippen molar-refractivity contribution in [3.63, 3.8) is 0 Å². The molecule has 3 heteroatoms. The Bertz CT molecular complexity index is 555. The predicted molar refractivity (Wildman–Crippen MR) is 65.4 cm³/mol. The zero-order valence-corrected chi connectivity index (χ0v) is 9.44. The zero-order valence-electron chi connectivity index (χ0n) is 9.44. The highest BCUT2D eigenvalue weighted by Gasteiger charge is 2.06. The van der Waals surface area contributed by atoms with Crippen LogP contribution in [0.3, 0.4) is 0 Å². The minimum absolute atomic E-state index is 0.681. The van der Waals surface area contributed by atoms with Gasteiger partial charge in [-0.25, -0.2) is 4.98 Å². The van der Waals surface area contributed by atoms with Gasteiger partial charge in [0.15, 0.2) is 0 Å². The van der Waals surface area contributed by atoms with Gasteiger partial charge in [-0.05, 0) is 19.1 Å². The van der Waals surface area contributed by atoms with Gasteiger partial charge in [0.25, 0.3) is 0 Å². The second kappa shape index (κ2) is 4.19. The molecule has 0 bridgehead atoms. The van der Waals surface area contributed by atoms with E-state index in [1.165, 1.54) is 0 Å². The molecular formula is C13H13N3. The van der Waals surface area contributed by atoms with Gasteiger partial charge in [0.2, 0.25) is 0 Å². The van der Waals surface area contributed by atoms with Gasteiger partial charge in [0.05, 0.1) is 17.1 Å². The monoisotopic (exact) mass is 211 g/mol. The van der Waals surface area contributed by atoms with E-state index >= 15 is 0 Å². The minimum Gasteiger partial charge on any atom is -0.360 e. The summed E-state index contributed by atoms with van der Waals surface area (Å²) >= 11 is 0. The lowest BCUT2D eigenvalue weighted by atomic mass is 10.1. The SMILES string of the molecule is CCN(C)c1cc(C#N)c2ccccc2n1. The number of pyridine rings is 1. The lowest BCUT2D eigenvalue weighted by molar-refractivity contribution is 0.944. The quantitative estimate of drug-likeness (QED) is 0.766. The van der Waals surface area contributed by atoms with Crippen molar-refractivity contribution in [2.45, 2.75) is 6.92 Å². The van der Waals surface area contributed by atoms with Crippen LogP contribution in [0.5, 0.6) is 0 Å². The van der Waals surface area contributed by atoms with E-state index < -0.39 is 0 Å². The molecule has 80 valence electrons. The van der Waals surface area contributed by atoms with E-state index in [0.29, 0.717) is 5.56 Å². The van der Waals surface area contributed by atoms with E-state index in [0.717, 1.165) is 23.3 Å². The first-order valence-corrected chi connectivity index (χ1v) is 5.27. The molecule has 3 nitrogen and oxygen atoms in total. The smallest absolute Gasteiger partial charge is 0.130 e. The molecule has 0 N–H and O–H groups in total. The van der Waals surface area contributed by atoms with E-state index in [-0.39, 0.29) is 0 Å². The Kier molecular flexibility index (Phi) is 2.74. The highest BCUT2D eigenvalue weighted by molar-refractivity contribution is 5.86. The molecule has 16 heavy (non-hydrogen) atoms. The molecule has 1 aromatic heterocycles. The third kappa shape index (κ3) is 1.70. The second-order valence-electron chi connectivity index (χ2n) is 3.67. The summed E-state index contributed by atoms with van der Waals surface area (Å²) in [5, 5.41) is 10.0. The normalized spacial score (nSPS) is 10.1. The van der Waals surface area contributed by atoms with Crippen LogP contribution in [0.15, 0.2) is 30.3 Å². The van der Waals surface area contributed by atoms with E-state index in [9.17, 15) is 0 Å². The van der Waals surface area contributed by atoms with E-state index in [1.807, 2.05) is 42.3 Å². The standard InChI is InChI=1S/C13H13N3/c1-3-16(2)13-8-10(9-14)11-6-4-5-7-12(11)15-13/h4-8H,3H2,1-2H3. The average molecular weight is 211 g/mol. The molecule has 0 saturated heterocycles. The van der Waals surface area contributed by atoms with E-state index in [1.54, 1.807) is 0 Å². The Hall–Kier alpha value is -2.08. The second-order valence-corrected chi connectivity index (χ2v) is 3.67. The fraction of sp³-hybridized carbons (Fsp3) is 0.231. The van der Waals surface area contributed by atoms with Crippen LogP contribution in [0.1, 0.15) is 12.5 Å². The van der Waals surface area contributed by atoms with Crippen LogP contribution in [0.25, 0.3) is 10.9 Å². The van der Waals surface area contributed by atoms with Gasteiger partial charge in [0.1, 0.15) is 5.82 Å². The third-order valence-corrected chi connectivity index (χ3v) is 2.69. The Morgan fingerprint density at radius 3 is 2.81 bits per heavy atom. The number of para-hydroxylation sites is 1. The Balaban J connectivity index is 2.69. The molecule has 0 aliphatic carbocycles. The summed E-state index contributed by atoms with van der Waals surface area (Å²) in [5.41, 5.74) is 1.55. The largest absolute Gasteiger partial charge is 0.360 e. The zero-order chi connectivity index (χ0) is 11.5. The Morgan fingerprint density at radius 1 is 1.38 bits per heavy atom. The fourth-order valence-corrected chi connectivity index (χ4v) is 1.61. The number of nitriles is 1. The van der Waals surface area contributed by atoms with Crippen molar-refractivity contribution in [3.05, 3.63) is 35.9 Å². The molecule has 0 amide bonds. The summed E-state index contributed by atoms with van der Waals surface area (Å²) in [6.07, 6.45) is 0. The van der Waals surface area contributed by atoms with Crippen LogP contribution in [0.2, 0.25) is 0 Å². The van der Waals surface area contributed by atoms with Crippen molar-refractivity contribution in [1.29, 1.82) is 5.26 Å². The highest BCUT2D eigenvalue weighted by Crippen LogP contribution is 2.21. The molecule has 0 unspecified atom stereocenters. The molecule has 0 fully saturated rings. The Morgan fingerprint density at radius 2 is 2.12 bits per heavy atom. The number of rotatable bonds is 2. The van der Waals surface area contributed by atoms with Gasteiger partial charge >= 0.3 is 0 Å². The van der Waals surface area contributed by atoms with Gasteiger partial charge < -0.3 is 4.90 Å². The van der Waals surface area contributed by atoms with Crippen LogP contribution < -0.4 is 4.90 Å². The number of hydrogen-bond donors (Lipinski definition) is 0. The predicted octanol–water partition coefficient (Wildman–Crippen LogP) is 2.56. The van der Waals surface area contributed by atoms with Crippen LogP contribution in [-0.2, 0) is 0 Å². The summed E-state index contributed by atoms with van der Waals surface area (Å²) in [6, 6.07) is 11.8. The van der Waals surface area contributed by atoms with Crippen molar-refractivity contribution in [2.24, 2.45) is 0 Å². The third-order valence-electron chi connectivity index (χ3n) is 2.69. The Labute approximate surface area is 94.9 Å². The van der Waals surface area contributed by atoms with Gasteiger partial charge in [0, 0.05) is 19.0 Å². The van der Waals surface area contributed by atoms with E-state index in [4.69, 9.17) is 5.26 Å². The number of benzene rings is 1. The molecular weight excluding hydrogens is 198 g/mol. The molecule has 0 aliphatic heterocycles. The molecule has 2 aromatic rings. The minimum atomic E-state index is 0.681. The maximum Gasteiger partial charge on any atom is 0.130 e. The number of fused-ring (bicyclic) bond motifs is 1. The summed E-state index contributed by atoms with van der Waals surface area (Å²) in [7, 11) is 1.97. The molecule has 0 radical (unpaired) electrons. The molecule has 0 atom stereocenters. The topological polar surface area (TPSA) is 39.9 Å². The van der Waals surface area contributed by atoms with Gasteiger partial charge in [-0.2, -0.15) is 5.26 Å². The molecule has 1 heterocycles. The molecule has 0 spiro atoms. The molecule has 2 rings (SSSR count). The van der Waals surface area contributed by atoms with Gasteiger partial charge in [-0.1, -0.05) is 18.2 Å². The van der Waals surface area contributed by atoms with Crippen molar-refractivity contribution in [3.8, 4) is 6.07 Å². The number of aromatic nitrogens is 1. The fourth-order valence-electron chi connectivity index (χ4n) is 1.61. The van der Waals surface area contributed by atoms with Crippen molar-refractivity contribution in [1.82, 2.24) is 4.98 Å². The van der Waals surface area contributed by atoms with Crippen molar-refractivity contribution < 1.29 is 0 Å². The summed E-state index contributed by atoms with van der Waals surface area (Å²) in [4.78, 5) is 6.55. The van der Waals surface area contributed by atoms with E-state index in [2.05, 4.69) is 18.0 Å². The maximum atomic E-state index is 9.12. The average Bonchev–Trinajstić information content (AvgIpc) is 2.36. The van der Waals surface area contributed by atoms with Crippen LogP contribution in [0.4, 0.5) is 5.82 Å². The van der Waals surface area contributed by atoms with Crippen LogP contribution in [0, 0.1) is 11.3 Å². The molecule has 0 aliphatic rings. The highest BCUT2D eigenvalue weighted by atomic mass is 15.2. The van der Waals surface area contributed by atoms with Gasteiger partial charge in [-0.3, -0.25) is 0 Å². The summed E-state index contributed by atoms with van der Waals surface area (Å²) in [5.74, 6) is 0.845. The first kappa shape index (κ1) is 10.4. The van der Waals surface area contributed by atoms with Gasteiger partial charge in [-0.15, -0.1) is 0 Å².